The molecule has 0 radical (unpaired) electrons. The first-order valence-electron chi connectivity index (χ1n) is 7.22. The van der Waals surface area contributed by atoms with Crippen molar-refractivity contribution in [1.29, 1.82) is 0 Å². The molecule has 0 aliphatic carbocycles. The highest BCUT2D eigenvalue weighted by molar-refractivity contribution is 7.90. The van der Waals surface area contributed by atoms with Crippen molar-refractivity contribution < 1.29 is 22.8 Å². The molecular weight excluding hydrogens is 336 g/mol. The molecule has 1 atom stereocenters. The summed E-state index contributed by atoms with van der Waals surface area (Å²) in [6, 6.07) is 7.92. The molecule has 24 heavy (non-hydrogen) atoms. The third-order valence-electron chi connectivity index (χ3n) is 3.62. The Labute approximate surface area is 138 Å². The van der Waals surface area contributed by atoms with Crippen molar-refractivity contribution in [3.8, 4) is 11.3 Å². The molecule has 1 aliphatic heterocycles. The molecule has 10 heteroatoms. The van der Waals surface area contributed by atoms with Gasteiger partial charge in [-0.3, -0.25) is 4.72 Å². The van der Waals surface area contributed by atoms with E-state index in [-0.39, 0.29) is 6.54 Å². The van der Waals surface area contributed by atoms with Gasteiger partial charge in [-0.05, 0) is 18.6 Å². The summed E-state index contributed by atoms with van der Waals surface area (Å²) < 4.78 is 34.3. The molecule has 0 spiro atoms. The van der Waals surface area contributed by atoms with Crippen LogP contribution >= 0.6 is 0 Å². The first-order chi connectivity index (χ1) is 11.4. The lowest BCUT2D eigenvalue weighted by molar-refractivity contribution is 0.155. The molecule has 1 saturated heterocycles. The topological polar surface area (TPSA) is 125 Å². The second kappa shape index (κ2) is 6.49. The Morgan fingerprint density at radius 2 is 2.21 bits per heavy atom. The Bertz CT molecular complexity index is 821. The van der Waals surface area contributed by atoms with Gasteiger partial charge >= 0.3 is 6.09 Å². The van der Waals surface area contributed by atoms with Gasteiger partial charge in [-0.25, -0.2) is 4.79 Å². The summed E-state index contributed by atoms with van der Waals surface area (Å²) in [5.41, 5.74) is 1.05. The Morgan fingerprint density at radius 3 is 2.88 bits per heavy atom. The monoisotopic (exact) mass is 352 g/mol. The summed E-state index contributed by atoms with van der Waals surface area (Å²) in [4.78, 5) is 12.1. The fourth-order valence-corrected chi connectivity index (χ4v) is 3.66. The second-order valence-electron chi connectivity index (χ2n) is 5.40. The van der Waals surface area contributed by atoms with Crippen molar-refractivity contribution in [2.24, 2.45) is 0 Å². The fourth-order valence-electron chi connectivity index (χ4n) is 2.53. The summed E-state index contributed by atoms with van der Waals surface area (Å²) in [6.07, 6.45) is 0.886. The van der Waals surface area contributed by atoms with Crippen LogP contribution in [0.5, 0.6) is 0 Å². The quantitative estimate of drug-likeness (QED) is 0.746. The Balaban J connectivity index is 1.67. The highest BCUT2D eigenvalue weighted by Crippen LogP contribution is 2.22. The molecule has 1 aliphatic rings. The molecule has 128 valence electrons. The maximum atomic E-state index is 12.2. The number of rotatable bonds is 5. The van der Waals surface area contributed by atoms with Crippen molar-refractivity contribution in [3.05, 3.63) is 36.5 Å². The minimum atomic E-state index is -3.82. The average Bonchev–Trinajstić information content (AvgIpc) is 3.17. The number of anilines is 1. The summed E-state index contributed by atoms with van der Waals surface area (Å²) in [5, 5.41) is 12.5. The second-order valence-corrected chi connectivity index (χ2v) is 6.84. The van der Waals surface area contributed by atoms with Crippen molar-refractivity contribution in [2.45, 2.75) is 12.5 Å². The van der Waals surface area contributed by atoms with E-state index in [1.54, 1.807) is 30.3 Å². The van der Waals surface area contributed by atoms with E-state index in [1.807, 2.05) is 0 Å². The lowest BCUT2D eigenvalue weighted by Gasteiger charge is -2.15. The van der Waals surface area contributed by atoms with Gasteiger partial charge in [0, 0.05) is 30.8 Å². The zero-order valence-electron chi connectivity index (χ0n) is 12.5. The highest BCUT2D eigenvalue weighted by atomic mass is 32.2. The van der Waals surface area contributed by atoms with Crippen molar-refractivity contribution >= 4 is 22.0 Å². The first-order valence-corrected chi connectivity index (χ1v) is 8.70. The highest BCUT2D eigenvalue weighted by Gasteiger charge is 2.29. The normalized spacial score (nSPS) is 17.8. The Morgan fingerprint density at radius 1 is 1.38 bits per heavy atom. The van der Waals surface area contributed by atoms with Crippen LogP contribution in [0, 0.1) is 0 Å². The van der Waals surface area contributed by atoms with E-state index in [1.165, 1.54) is 11.1 Å². The zero-order chi connectivity index (χ0) is 17.2. The molecule has 1 aromatic carbocycles. The number of carboxylic acid groups (broad SMARTS) is 1. The molecular formula is C14H16N4O5S. The third-order valence-corrected chi connectivity index (χ3v) is 4.77. The molecule has 1 fully saturated rings. The average molecular weight is 352 g/mol. The van der Waals surface area contributed by atoms with Crippen LogP contribution in [0.25, 0.3) is 11.3 Å². The Kier molecular flexibility index (Phi) is 4.40. The smallest absolute Gasteiger partial charge is 0.407 e. The predicted molar refractivity (Wildman–Crippen MR) is 85.6 cm³/mol. The van der Waals surface area contributed by atoms with Crippen molar-refractivity contribution in [3.63, 3.8) is 0 Å². The van der Waals surface area contributed by atoms with E-state index in [0.717, 1.165) is 0 Å². The van der Waals surface area contributed by atoms with E-state index in [4.69, 9.17) is 9.63 Å². The molecule has 2 aromatic rings. The maximum absolute atomic E-state index is 12.2. The number of likely N-dealkylation sites (tertiary alicyclic amines) is 1. The number of hydrogen-bond acceptors (Lipinski definition) is 5. The minimum absolute atomic E-state index is 0.133. The van der Waals surface area contributed by atoms with E-state index in [9.17, 15) is 13.2 Å². The number of aromatic nitrogens is 1. The van der Waals surface area contributed by atoms with E-state index in [0.29, 0.717) is 30.0 Å². The molecule has 3 rings (SSSR count). The molecule has 0 bridgehead atoms. The van der Waals surface area contributed by atoms with Gasteiger partial charge in [0.2, 0.25) is 0 Å². The largest absolute Gasteiger partial charge is 0.465 e. The first kappa shape index (κ1) is 16.3. The van der Waals surface area contributed by atoms with Gasteiger partial charge in [0.25, 0.3) is 10.2 Å². The zero-order valence-corrected chi connectivity index (χ0v) is 13.4. The van der Waals surface area contributed by atoms with E-state index in [2.05, 4.69) is 14.6 Å². The summed E-state index contributed by atoms with van der Waals surface area (Å²) in [7, 11) is -3.82. The molecule has 1 aromatic heterocycles. The number of nitrogens with zero attached hydrogens (tertiary/aromatic N) is 2. The lowest BCUT2D eigenvalue weighted by atomic mass is 10.1. The van der Waals surface area contributed by atoms with Gasteiger partial charge < -0.3 is 14.5 Å². The van der Waals surface area contributed by atoms with Crippen molar-refractivity contribution in [2.75, 3.05) is 17.8 Å². The molecule has 9 nitrogen and oxygen atoms in total. The lowest BCUT2D eigenvalue weighted by Crippen LogP contribution is -2.40. The summed E-state index contributed by atoms with van der Waals surface area (Å²) >= 11 is 0. The number of nitrogens with one attached hydrogen (secondary N) is 2. The Hall–Kier alpha value is -2.59. The van der Waals surface area contributed by atoms with Crippen molar-refractivity contribution in [1.82, 2.24) is 14.8 Å². The van der Waals surface area contributed by atoms with E-state index < -0.39 is 22.3 Å². The van der Waals surface area contributed by atoms with Crippen LogP contribution in [0.1, 0.15) is 6.42 Å². The number of carbonyl (C=O) groups is 1. The number of hydrogen-bond donors (Lipinski definition) is 3. The standard InChI is InChI=1S/C14H16N4O5S/c19-14(20)18-7-5-12(9-18)17-24(21,22)16-11-3-1-2-10(8-11)13-4-6-15-23-13/h1-4,6,8,12,16-17H,5,7,9H2,(H,19,20)/t12-/m0/s1. The van der Waals surface area contributed by atoms with Gasteiger partial charge in [-0.1, -0.05) is 17.3 Å². The molecule has 1 amide bonds. The van der Waals surface area contributed by atoms with Gasteiger partial charge in [-0.2, -0.15) is 13.1 Å². The molecule has 0 unspecified atom stereocenters. The summed E-state index contributed by atoms with van der Waals surface area (Å²) in [6.45, 7) is 0.442. The van der Waals surface area contributed by atoms with Gasteiger partial charge in [0.15, 0.2) is 5.76 Å². The molecule has 3 N–H and O–H groups in total. The van der Waals surface area contributed by atoms with Gasteiger partial charge in [-0.15, -0.1) is 0 Å². The third kappa shape index (κ3) is 3.84. The van der Waals surface area contributed by atoms with Crippen LogP contribution in [-0.2, 0) is 10.2 Å². The SMILES string of the molecule is O=C(O)N1CC[C@H](NS(=O)(=O)Nc2cccc(-c3ccno3)c2)C1. The number of amides is 1. The van der Waals surface area contributed by atoms with Gasteiger partial charge in [0.05, 0.1) is 11.9 Å². The fraction of sp³-hybridized carbons (Fsp3) is 0.286. The minimum Gasteiger partial charge on any atom is -0.465 e. The predicted octanol–water partition coefficient (Wildman–Crippen LogP) is 1.34. The van der Waals surface area contributed by atoms with Crippen LogP contribution in [0.3, 0.4) is 0 Å². The molecule has 0 saturated carbocycles. The van der Waals surface area contributed by atoms with Crippen LogP contribution in [-0.4, -0.2) is 48.8 Å². The molecule has 2 heterocycles. The van der Waals surface area contributed by atoms with Gasteiger partial charge in [0.1, 0.15) is 0 Å². The van der Waals surface area contributed by atoms with E-state index >= 15 is 0 Å². The van der Waals surface area contributed by atoms with Crippen LogP contribution < -0.4 is 9.44 Å². The maximum Gasteiger partial charge on any atom is 0.407 e. The van der Waals surface area contributed by atoms with Crippen LogP contribution in [0.2, 0.25) is 0 Å². The number of benzene rings is 1. The summed E-state index contributed by atoms with van der Waals surface area (Å²) in [5.74, 6) is 0.525. The van der Waals surface area contributed by atoms with Crippen LogP contribution in [0.4, 0.5) is 10.5 Å². The van der Waals surface area contributed by atoms with Crippen LogP contribution in [0.15, 0.2) is 41.1 Å².